The molecule has 1 aliphatic heterocycles. The van der Waals surface area contributed by atoms with E-state index in [0.29, 0.717) is 18.5 Å². The van der Waals surface area contributed by atoms with Gasteiger partial charge in [-0.1, -0.05) is 6.92 Å². The minimum absolute atomic E-state index is 0.0609. The minimum Gasteiger partial charge on any atom is -0.481 e. The Morgan fingerprint density at radius 3 is 2.20 bits per heavy atom. The predicted octanol–water partition coefficient (Wildman–Crippen LogP) is 1.82. The topological polar surface area (TPSA) is 60.9 Å². The number of piperidine rings is 1. The lowest BCUT2D eigenvalue weighted by molar-refractivity contribution is -0.138. The highest BCUT2D eigenvalue weighted by Crippen LogP contribution is 2.19. The molecule has 0 aromatic rings. The van der Waals surface area contributed by atoms with E-state index in [0.717, 1.165) is 25.9 Å². The Bertz CT molecular complexity index is 336. The molecule has 1 heterocycles. The van der Waals surface area contributed by atoms with Gasteiger partial charge in [-0.15, -0.1) is 0 Å². The Morgan fingerprint density at radius 1 is 1.20 bits per heavy atom. The Balaban J connectivity index is 2.40. The van der Waals surface area contributed by atoms with Gasteiger partial charge in [-0.25, -0.2) is 0 Å². The smallest absolute Gasteiger partial charge is 0.303 e. The highest BCUT2D eigenvalue weighted by atomic mass is 16.4. The number of carboxylic acid groups (broad SMARTS) is 1. The highest BCUT2D eigenvalue weighted by molar-refractivity contribution is 5.77. The largest absolute Gasteiger partial charge is 0.481 e. The number of nitrogens with zero attached hydrogens (tertiary/aromatic N) is 2. The molecular formula is C15H28N2O3. The van der Waals surface area contributed by atoms with Crippen molar-refractivity contribution in [2.24, 2.45) is 5.92 Å². The zero-order valence-corrected chi connectivity index (χ0v) is 13.1. The van der Waals surface area contributed by atoms with Gasteiger partial charge in [0.2, 0.25) is 5.91 Å². The van der Waals surface area contributed by atoms with E-state index in [1.54, 1.807) is 0 Å². The summed E-state index contributed by atoms with van der Waals surface area (Å²) < 4.78 is 0. The molecule has 5 nitrogen and oxygen atoms in total. The molecule has 5 heteroatoms. The summed E-state index contributed by atoms with van der Waals surface area (Å²) in [7, 11) is 1.85. The molecule has 0 aromatic heterocycles. The minimum atomic E-state index is -0.835. The van der Waals surface area contributed by atoms with Gasteiger partial charge in [0.1, 0.15) is 0 Å². The molecule has 1 saturated heterocycles. The molecule has 0 aromatic carbocycles. The highest BCUT2D eigenvalue weighted by Gasteiger charge is 2.27. The molecule has 1 unspecified atom stereocenters. The van der Waals surface area contributed by atoms with E-state index in [2.05, 4.69) is 18.7 Å². The van der Waals surface area contributed by atoms with Crippen LogP contribution >= 0.6 is 0 Å². The summed E-state index contributed by atoms with van der Waals surface area (Å²) in [5.74, 6) is -0.863. The average Bonchev–Trinajstić information content (AvgIpc) is 2.36. The van der Waals surface area contributed by atoms with Crippen molar-refractivity contribution < 1.29 is 14.7 Å². The lowest BCUT2D eigenvalue weighted by Gasteiger charge is -2.38. The number of rotatable bonds is 6. The Kier molecular flexibility index (Phi) is 6.46. The van der Waals surface area contributed by atoms with Gasteiger partial charge in [-0.05, 0) is 32.6 Å². The molecule has 1 rings (SSSR count). The zero-order valence-electron chi connectivity index (χ0n) is 13.1. The SMILES string of the molecule is CC(CC(=O)O)CC(=O)N(C)C1CCN(C(C)C)CC1. The molecule has 1 atom stereocenters. The van der Waals surface area contributed by atoms with Crippen molar-refractivity contribution in [3.63, 3.8) is 0 Å². The number of amides is 1. The van der Waals surface area contributed by atoms with Crippen molar-refractivity contribution in [1.82, 2.24) is 9.80 Å². The van der Waals surface area contributed by atoms with Crippen LogP contribution in [0.25, 0.3) is 0 Å². The Labute approximate surface area is 121 Å². The maximum Gasteiger partial charge on any atom is 0.303 e. The Morgan fingerprint density at radius 2 is 1.75 bits per heavy atom. The van der Waals surface area contributed by atoms with Gasteiger partial charge in [0, 0.05) is 45.1 Å². The number of hydrogen-bond donors (Lipinski definition) is 1. The quantitative estimate of drug-likeness (QED) is 0.808. The standard InChI is InChI=1S/C15H28N2O3/c1-11(2)17-7-5-13(6-8-17)16(4)14(18)9-12(3)10-15(19)20/h11-13H,5-10H2,1-4H3,(H,19,20). The van der Waals surface area contributed by atoms with Crippen LogP contribution in [0.1, 0.15) is 46.5 Å². The molecule has 116 valence electrons. The summed E-state index contributed by atoms with van der Waals surface area (Å²) in [4.78, 5) is 27.1. The number of carboxylic acids is 1. The van der Waals surface area contributed by atoms with Crippen LogP contribution in [-0.2, 0) is 9.59 Å². The van der Waals surface area contributed by atoms with Gasteiger partial charge in [-0.3, -0.25) is 9.59 Å². The van der Waals surface area contributed by atoms with Crippen molar-refractivity contribution in [3.05, 3.63) is 0 Å². The second kappa shape index (κ2) is 7.62. The number of carbonyl (C=O) groups is 2. The molecule has 1 amide bonds. The van der Waals surface area contributed by atoms with Crippen LogP contribution < -0.4 is 0 Å². The van der Waals surface area contributed by atoms with Crippen LogP contribution in [0, 0.1) is 5.92 Å². The summed E-state index contributed by atoms with van der Waals surface area (Å²) >= 11 is 0. The molecule has 1 N–H and O–H groups in total. The predicted molar refractivity (Wildman–Crippen MR) is 78.5 cm³/mol. The molecule has 0 radical (unpaired) electrons. The van der Waals surface area contributed by atoms with Gasteiger partial charge in [-0.2, -0.15) is 0 Å². The van der Waals surface area contributed by atoms with E-state index in [1.807, 2.05) is 18.9 Å². The first-order valence-electron chi connectivity index (χ1n) is 7.52. The second-order valence-electron chi connectivity index (χ2n) is 6.27. The van der Waals surface area contributed by atoms with Crippen LogP contribution in [-0.4, -0.2) is 59.0 Å². The summed E-state index contributed by atoms with van der Waals surface area (Å²) in [6, 6.07) is 0.863. The molecular weight excluding hydrogens is 256 g/mol. The van der Waals surface area contributed by atoms with Crippen LogP contribution in [0.4, 0.5) is 0 Å². The summed E-state index contributed by atoms with van der Waals surface area (Å²) in [5.41, 5.74) is 0. The van der Waals surface area contributed by atoms with Crippen LogP contribution in [0.15, 0.2) is 0 Å². The molecule has 1 fully saturated rings. The summed E-state index contributed by atoms with van der Waals surface area (Å²) in [6.07, 6.45) is 2.40. The van der Waals surface area contributed by atoms with Gasteiger partial charge in [0.15, 0.2) is 0 Å². The van der Waals surface area contributed by atoms with E-state index < -0.39 is 5.97 Å². The molecule has 20 heavy (non-hydrogen) atoms. The third-order valence-electron chi connectivity index (χ3n) is 4.22. The normalized spacial score (nSPS) is 19.1. The van der Waals surface area contributed by atoms with Crippen LogP contribution in [0.5, 0.6) is 0 Å². The van der Waals surface area contributed by atoms with Gasteiger partial charge >= 0.3 is 5.97 Å². The maximum atomic E-state index is 12.2. The van der Waals surface area contributed by atoms with Gasteiger partial charge in [0.05, 0.1) is 0 Å². The van der Waals surface area contributed by atoms with Crippen molar-refractivity contribution in [2.75, 3.05) is 20.1 Å². The third-order valence-corrected chi connectivity index (χ3v) is 4.22. The first kappa shape index (κ1) is 17.0. The lowest BCUT2D eigenvalue weighted by atomic mass is 9.99. The summed E-state index contributed by atoms with van der Waals surface area (Å²) in [5, 5.41) is 8.73. The third kappa shape index (κ3) is 5.12. The van der Waals surface area contributed by atoms with E-state index in [4.69, 9.17) is 5.11 Å². The molecule has 0 saturated carbocycles. The maximum absolute atomic E-state index is 12.2. The first-order valence-corrected chi connectivity index (χ1v) is 7.52. The molecule has 0 aliphatic carbocycles. The fraction of sp³-hybridized carbons (Fsp3) is 0.867. The fourth-order valence-electron chi connectivity index (χ4n) is 2.81. The number of carbonyl (C=O) groups excluding carboxylic acids is 1. The Hall–Kier alpha value is -1.10. The van der Waals surface area contributed by atoms with E-state index >= 15 is 0 Å². The fourth-order valence-corrected chi connectivity index (χ4v) is 2.81. The number of aliphatic carboxylic acids is 1. The molecule has 1 aliphatic rings. The van der Waals surface area contributed by atoms with Gasteiger partial charge in [0.25, 0.3) is 0 Å². The lowest BCUT2D eigenvalue weighted by Crippen LogP contribution is -2.47. The number of likely N-dealkylation sites (tertiary alicyclic amines) is 1. The average molecular weight is 284 g/mol. The van der Waals surface area contributed by atoms with Crippen molar-refractivity contribution >= 4 is 11.9 Å². The zero-order chi connectivity index (χ0) is 15.3. The monoisotopic (exact) mass is 284 g/mol. The van der Waals surface area contributed by atoms with Crippen LogP contribution in [0.2, 0.25) is 0 Å². The molecule has 0 bridgehead atoms. The van der Waals surface area contributed by atoms with Gasteiger partial charge < -0.3 is 14.9 Å². The van der Waals surface area contributed by atoms with E-state index in [1.165, 1.54) is 0 Å². The van der Waals surface area contributed by atoms with E-state index in [9.17, 15) is 9.59 Å². The molecule has 0 spiro atoms. The van der Waals surface area contributed by atoms with Crippen molar-refractivity contribution in [3.8, 4) is 0 Å². The van der Waals surface area contributed by atoms with E-state index in [-0.39, 0.29) is 18.2 Å². The van der Waals surface area contributed by atoms with Crippen LogP contribution in [0.3, 0.4) is 0 Å². The van der Waals surface area contributed by atoms with Crippen molar-refractivity contribution in [2.45, 2.75) is 58.5 Å². The van der Waals surface area contributed by atoms with Crippen molar-refractivity contribution in [1.29, 1.82) is 0 Å². The number of hydrogen-bond acceptors (Lipinski definition) is 3. The summed E-state index contributed by atoms with van der Waals surface area (Å²) in [6.45, 7) is 8.28. The second-order valence-corrected chi connectivity index (χ2v) is 6.27. The first-order chi connectivity index (χ1) is 9.31.